The number of nitrogens with one attached hydrogen (secondary N) is 1. The van der Waals surface area contributed by atoms with Crippen LogP contribution >= 0.6 is 0 Å². The van der Waals surface area contributed by atoms with E-state index in [1.807, 2.05) is 25.1 Å². The van der Waals surface area contributed by atoms with Crippen molar-refractivity contribution in [2.75, 3.05) is 10.5 Å². The van der Waals surface area contributed by atoms with Gasteiger partial charge in [0.15, 0.2) is 11.5 Å². The lowest BCUT2D eigenvalue weighted by atomic mass is 10.0. The van der Waals surface area contributed by atoms with E-state index in [-0.39, 0.29) is 5.56 Å². The minimum atomic E-state index is -1.15. The third kappa shape index (κ3) is 3.07. The topological polar surface area (TPSA) is 77.1 Å². The molecule has 0 saturated heterocycles. The zero-order valence-corrected chi connectivity index (χ0v) is 15.9. The predicted molar refractivity (Wildman–Crippen MR) is 104 cm³/mol. The lowest BCUT2D eigenvalue weighted by Crippen LogP contribution is -2.18. The number of aromatic nitrogens is 2. The number of benzene rings is 1. The first-order chi connectivity index (χ1) is 12.5. The van der Waals surface area contributed by atoms with Crippen molar-refractivity contribution in [3.8, 4) is 11.1 Å². The first kappa shape index (κ1) is 17.0. The van der Waals surface area contributed by atoms with E-state index >= 15 is 0 Å². The summed E-state index contributed by atoms with van der Waals surface area (Å²) in [5.74, 6) is 1.67. The molecule has 1 aromatic carbocycles. The van der Waals surface area contributed by atoms with Gasteiger partial charge in [0.05, 0.1) is 0 Å². The molecule has 2 heterocycles. The summed E-state index contributed by atoms with van der Waals surface area (Å²) in [5.41, 5.74) is 4.53. The summed E-state index contributed by atoms with van der Waals surface area (Å²) in [6, 6.07) is 5.64. The maximum Gasteiger partial charge on any atom is 0.253 e. The Balaban J connectivity index is 1.92. The number of fused-ring (bicyclic) bond motifs is 1. The highest BCUT2D eigenvalue weighted by atomic mass is 32.2. The molecule has 6 nitrogen and oxygen atoms in total. The van der Waals surface area contributed by atoms with Crippen molar-refractivity contribution in [2.24, 2.45) is 7.05 Å². The van der Waals surface area contributed by atoms with Gasteiger partial charge in [-0.2, -0.15) is 0 Å². The van der Waals surface area contributed by atoms with Crippen LogP contribution in [0.2, 0.25) is 0 Å². The molecule has 1 unspecified atom stereocenters. The number of anilines is 1. The zero-order chi connectivity index (χ0) is 18.4. The van der Waals surface area contributed by atoms with Crippen LogP contribution in [0.5, 0.6) is 0 Å². The highest BCUT2D eigenvalue weighted by Crippen LogP contribution is 2.42. The van der Waals surface area contributed by atoms with Crippen LogP contribution in [-0.4, -0.2) is 19.5 Å². The Hall–Kier alpha value is -2.41. The first-order valence-electron chi connectivity index (χ1n) is 8.73. The molecule has 0 aliphatic heterocycles. The Bertz CT molecular complexity index is 1050. The van der Waals surface area contributed by atoms with Crippen LogP contribution in [0.25, 0.3) is 22.2 Å². The summed E-state index contributed by atoms with van der Waals surface area (Å²) in [6.45, 7) is 3.66. The fraction of sp³-hybridized carbons (Fsp3) is 0.368. The van der Waals surface area contributed by atoms with E-state index in [0.29, 0.717) is 22.8 Å². The van der Waals surface area contributed by atoms with Crippen molar-refractivity contribution in [1.29, 1.82) is 0 Å². The average molecular weight is 371 g/mol. The van der Waals surface area contributed by atoms with Gasteiger partial charge in [-0.25, -0.2) is 9.19 Å². The number of hydrogen-bond acceptors (Lipinski definition) is 4. The van der Waals surface area contributed by atoms with Gasteiger partial charge in [-0.05, 0) is 38.0 Å². The number of aryl methyl sites for hydroxylation is 2. The number of hydrogen-bond donors (Lipinski definition) is 1. The fourth-order valence-electron chi connectivity index (χ4n) is 3.06. The Morgan fingerprint density at radius 3 is 2.77 bits per heavy atom. The van der Waals surface area contributed by atoms with Gasteiger partial charge in [-0.1, -0.05) is 6.92 Å². The summed E-state index contributed by atoms with van der Waals surface area (Å²) in [4.78, 5) is 16.7. The van der Waals surface area contributed by atoms with Crippen LogP contribution < -0.4 is 10.3 Å². The summed E-state index contributed by atoms with van der Waals surface area (Å²) >= 11 is 0. The second-order valence-electron chi connectivity index (χ2n) is 6.76. The highest BCUT2D eigenvalue weighted by molar-refractivity contribution is 7.86. The van der Waals surface area contributed by atoms with Crippen molar-refractivity contribution in [3.63, 3.8) is 0 Å². The molecule has 4 rings (SSSR count). The minimum Gasteiger partial charge on any atom is -0.440 e. The van der Waals surface area contributed by atoms with Crippen molar-refractivity contribution in [3.05, 3.63) is 46.2 Å². The van der Waals surface area contributed by atoms with Crippen LogP contribution in [0.3, 0.4) is 0 Å². The van der Waals surface area contributed by atoms with Crippen molar-refractivity contribution in [2.45, 2.75) is 32.6 Å². The molecule has 3 aromatic rings. The highest BCUT2D eigenvalue weighted by Gasteiger charge is 2.29. The van der Waals surface area contributed by atoms with Crippen molar-refractivity contribution >= 4 is 27.8 Å². The molecular weight excluding hydrogens is 350 g/mol. The molecule has 0 radical (unpaired) electrons. The minimum absolute atomic E-state index is 0.0254. The molecule has 1 aliphatic rings. The number of oxazole rings is 1. The van der Waals surface area contributed by atoms with Crippen LogP contribution in [0.15, 0.2) is 33.6 Å². The van der Waals surface area contributed by atoms with Gasteiger partial charge in [0.2, 0.25) is 0 Å². The van der Waals surface area contributed by atoms with E-state index in [1.165, 1.54) is 0 Å². The lowest BCUT2D eigenvalue weighted by molar-refractivity contribution is 0.534. The average Bonchev–Trinajstić information content (AvgIpc) is 3.38. The molecular formula is C19H21N3O3S. The molecule has 1 N–H and O–H groups in total. The molecule has 0 spiro atoms. The van der Waals surface area contributed by atoms with Crippen LogP contribution in [0, 0.1) is 6.92 Å². The largest absolute Gasteiger partial charge is 0.440 e. The van der Waals surface area contributed by atoms with E-state index in [1.54, 1.807) is 24.7 Å². The summed E-state index contributed by atoms with van der Waals surface area (Å²) in [6.07, 6.45) is 4.00. The number of rotatable bonds is 5. The van der Waals surface area contributed by atoms with Crippen molar-refractivity contribution < 1.29 is 8.63 Å². The summed E-state index contributed by atoms with van der Waals surface area (Å²) < 4.78 is 22.6. The molecule has 1 fully saturated rings. The van der Waals surface area contributed by atoms with Crippen LogP contribution in [0.4, 0.5) is 5.69 Å². The molecule has 0 amide bonds. The number of nitrogens with zero attached hydrogens (tertiary/aromatic N) is 2. The van der Waals surface area contributed by atoms with E-state index in [9.17, 15) is 9.00 Å². The third-order valence-electron chi connectivity index (χ3n) is 4.60. The molecule has 1 atom stereocenters. The Morgan fingerprint density at radius 1 is 1.35 bits per heavy atom. The van der Waals surface area contributed by atoms with Crippen LogP contribution in [0.1, 0.15) is 37.1 Å². The maximum atomic E-state index is 12.0. The smallest absolute Gasteiger partial charge is 0.253 e. The Kier molecular flexibility index (Phi) is 4.19. The van der Waals surface area contributed by atoms with E-state index in [0.717, 1.165) is 41.1 Å². The van der Waals surface area contributed by atoms with E-state index in [2.05, 4.69) is 9.71 Å². The van der Waals surface area contributed by atoms with E-state index < -0.39 is 11.0 Å². The van der Waals surface area contributed by atoms with Crippen LogP contribution in [-0.2, 0) is 18.0 Å². The normalized spacial score (nSPS) is 15.3. The second-order valence-corrected chi connectivity index (χ2v) is 8.24. The van der Waals surface area contributed by atoms with Gasteiger partial charge in [0.25, 0.3) is 5.56 Å². The molecule has 1 saturated carbocycles. The zero-order valence-electron chi connectivity index (χ0n) is 15.0. The molecule has 1 aliphatic carbocycles. The summed E-state index contributed by atoms with van der Waals surface area (Å²) in [5, 5.41) is 0. The van der Waals surface area contributed by atoms with Crippen molar-refractivity contribution in [1.82, 2.24) is 9.55 Å². The van der Waals surface area contributed by atoms with Gasteiger partial charge in [-0.15, -0.1) is 0 Å². The van der Waals surface area contributed by atoms with Gasteiger partial charge in [0.1, 0.15) is 16.5 Å². The molecule has 2 aromatic heterocycles. The first-order valence-corrected chi connectivity index (χ1v) is 10.1. The molecule has 26 heavy (non-hydrogen) atoms. The second kappa shape index (κ2) is 6.39. The number of pyridine rings is 1. The standard InChI is InChI=1S/C19H21N3O3S/c1-4-26(24)21-14-8-15(13-7-11(2)19(23)22(3)10-13)17-16(9-14)20-18(25-17)12-5-6-12/h7-10,12,21H,4-6H2,1-3H3. The molecule has 7 heteroatoms. The summed E-state index contributed by atoms with van der Waals surface area (Å²) in [7, 11) is 0.585. The SMILES string of the molecule is CCS(=O)Nc1cc(-c2cc(C)c(=O)n(C)c2)c2oc(C3CC3)nc2c1. The Morgan fingerprint density at radius 2 is 2.12 bits per heavy atom. The quantitative estimate of drug-likeness (QED) is 0.745. The Labute approximate surface area is 153 Å². The van der Waals surface area contributed by atoms with Gasteiger partial charge in [0, 0.05) is 47.3 Å². The van der Waals surface area contributed by atoms with Gasteiger partial charge in [-0.3, -0.25) is 4.79 Å². The van der Waals surface area contributed by atoms with Gasteiger partial charge < -0.3 is 13.7 Å². The fourth-order valence-corrected chi connectivity index (χ4v) is 3.58. The van der Waals surface area contributed by atoms with E-state index in [4.69, 9.17) is 4.42 Å². The molecule has 0 bridgehead atoms. The lowest BCUT2D eigenvalue weighted by Gasteiger charge is -2.10. The predicted octanol–water partition coefficient (Wildman–Crippen LogP) is 3.47. The van der Waals surface area contributed by atoms with Gasteiger partial charge >= 0.3 is 0 Å². The monoisotopic (exact) mass is 371 g/mol. The molecule has 136 valence electrons. The maximum absolute atomic E-state index is 12.0. The third-order valence-corrected chi connectivity index (χ3v) is 5.59.